The lowest BCUT2D eigenvalue weighted by atomic mass is 9.86. The van der Waals surface area contributed by atoms with Gasteiger partial charge in [0, 0.05) is 5.56 Å². The van der Waals surface area contributed by atoms with Gasteiger partial charge < -0.3 is 9.41 Å². The predicted molar refractivity (Wildman–Crippen MR) is 79.3 cm³/mol. The van der Waals surface area contributed by atoms with Crippen LogP contribution in [0.1, 0.15) is 38.6 Å². The maximum Gasteiger partial charge on any atom is 0.295 e. The second-order valence-corrected chi connectivity index (χ2v) is 8.51. The predicted octanol–water partition coefficient (Wildman–Crippen LogP) is 4.16. The van der Waals surface area contributed by atoms with Crippen LogP contribution in [0.15, 0.2) is 12.1 Å². The normalized spacial score (nSPS) is 12.7. The van der Waals surface area contributed by atoms with Crippen LogP contribution in [-0.2, 0) is 5.41 Å². The van der Waals surface area contributed by atoms with Gasteiger partial charge >= 0.3 is 0 Å². The second-order valence-electron chi connectivity index (χ2n) is 6.18. The highest BCUT2D eigenvalue weighted by atomic mass is 28.3. The highest BCUT2D eigenvalue weighted by Gasteiger charge is 2.24. The van der Waals surface area contributed by atoms with E-state index in [1.807, 2.05) is 6.07 Å². The lowest BCUT2D eigenvalue weighted by Gasteiger charge is -2.24. The molecule has 0 unspecified atom stereocenters. The summed E-state index contributed by atoms with van der Waals surface area (Å²) in [4.78, 5) is 6.65. The van der Waals surface area contributed by atoms with E-state index in [0.717, 1.165) is 5.56 Å². The molecule has 0 saturated carbocycles. The Bertz CT molecular complexity index is 617. The summed E-state index contributed by atoms with van der Waals surface area (Å²) in [6.45, 7) is 10.3. The fraction of sp³-hybridized carbons (Fsp3) is 0.500. The first-order valence-corrected chi connectivity index (χ1v) is 9.46. The molecule has 3 nitrogen and oxygen atoms in total. The third kappa shape index (κ3) is 2.84. The summed E-state index contributed by atoms with van der Waals surface area (Å²) < 4.78 is 31.6. The van der Waals surface area contributed by atoms with Crippen molar-refractivity contribution in [3.05, 3.63) is 23.5 Å². The number of H-pyrrole nitrogens is 1. The van der Waals surface area contributed by atoms with Gasteiger partial charge in [-0.2, -0.15) is 0 Å². The first-order chi connectivity index (χ1) is 9.20. The summed E-state index contributed by atoms with van der Waals surface area (Å²) >= 11 is 0. The summed E-state index contributed by atoms with van der Waals surface area (Å²) in [5.41, 5.74) is 1.99. The molecule has 1 aromatic carbocycles. The molecule has 110 valence electrons. The Morgan fingerprint density at radius 1 is 1.25 bits per heavy atom. The van der Waals surface area contributed by atoms with E-state index in [0.29, 0.717) is 16.8 Å². The van der Waals surface area contributed by atoms with Crippen LogP contribution in [0.4, 0.5) is 8.78 Å². The number of aromatic amines is 1. The first kappa shape index (κ1) is 15.0. The smallest absolute Gasteiger partial charge is 0.295 e. The molecule has 0 aliphatic rings. The van der Waals surface area contributed by atoms with Crippen molar-refractivity contribution in [1.82, 2.24) is 9.97 Å². The SMILES string of the molecule is C[SiH](C)Oc1c(C(C)(C)C)ccc2nc(C(F)F)[nH]c12. The Labute approximate surface area is 119 Å². The average Bonchev–Trinajstić information content (AvgIpc) is 2.71. The number of nitrogens with zero attached hydrogens (tertiary/aromatic N) is 1. The number of benzene rings is 1. The fourth-order valence-corrected chi connectivity index (χ4v) is 2.84. The standard InChI is InChI=1S/C14H20F2N2OSi/c1-14(2,3)8-6-7-9-10(11(8)19-20(4)5)18-13(17-9)12(15)16/h6-7,12,20H,1-5H3,(H,17,18). The van der Waals surface area contributed by atoms with E-state index in [4.69, 9.17) is 4.43 Å². The van der Waals surface area contributed by atoms with Crippen molar-refractivity contribution in [3.63, 3.8) is 0 Å². The molecule has 0 atom stereocenters. The lowest BCUT2D eigenvalue weighted by molar-refractivity contribution is 0.142. The molecule has 6 heteroatoms. The Balaban J connectivity index is 2.69. The van der Waals surface area contributed by atoms with E-state index in [1.54, 1.807) is 6.07 Å². The summed E-state index contributed by atoms with van der Waals surface area (Å²) in [5.74, 6) is 0.373. The Morgan fingerprint density at radius 2 is 1.90 bits per heavy atom. The topological polar surface area (TPSA) is 37.9 Å². The third-order valence-corrected chi connectivity index (χ3v) is 3.71. The molecule has 0 amide bonds. The van der Waals surface area contributed by atoms with Gasteiger partial charge in [0.15, 0.2) is 5.82 Å². The number of aromatic nitrogens is 2. The van der Waals surface area contributed by atoms with E-state index in [1.165, 1.54) is 0 Å². The summed E-state index contributed by atoms with van der Waals surface area (Å²) in [5, 5.41) is 0. The number of hydrogen-bond donors (Lipinski definition) is 1. The van der Waals surface area contributed by atoms with Crippen LogP contribution in [0.25, 0.3) is 11.0 Å². The Morgan fingerprint density at radius 3 is 2.40 bits per heavy atom. The molecule has 0 aliphatic carbocycles. The number of rotatable bonds is 3. The van der Waals surface area contributed by atoms with E-state index in [2.05, 4.69) is 43.8 Å². The van der Waals surface area contributed by atoms with Crippen LogP contribution in [0.5, 0.6) is 5.75 Å². The number of halogens is 2. The van der Waals surface area contributed by atoms with Gasteiger partial charge in [-0.05, 0) is 24.6 Å². The van der Waals surface area contributed by atoms with Gasteiger partial charge in [-0.3, -0.25) is 0 Å². The molecular weight excluding hydrogens is 278 g/mol. The van der Waals surface area contributed by atoms with Crippen molar-refractivity contribution in [2.75, 3.05) is 0 Å². The zero-order valence-corrected chi connectivity index (χ0v) is 13.6. The molecule has 1 N–H and O–H groups in total. The highest BCUT2D eigenvalue weighted by Crippen LogP contribution is 2.37. The molecule has 20 heavy (non-hydrogen) atoms. The number of fused-ring (bicyclic) bond motifs is 1. The van der Waals surface area contributed by atoms with Gasteiger partial charge in [-0.25, -0.2) is 13.8 Å². The molecule has 2 aromatic rings. The van der Waals surface area contributed by atoms with Crippen LogP contribution in [0.2, 0.25) is 13.1 Å². The van der Waals surface area contributed by atoms with Crippen LogP contribution < -0.4 is 4.43 Å². The molecule has 0 saturated heterocycles. The molecule has 0 aliphatic heterocycles. The molecule has 1 heterocycles. The van der Waals surface area contributed by atoms with Gasteiger partial charge in [0.2, 0.25) is 9.04 Å². The number of alkyl halides is 2. The quantitative estimate of drug-likeness (QED) is 0.864. The maximum absolute atomic E-state index is 12.8. The van der Waals surface area contributed by atoms with Crippen LogP contribution in [0.3, 0.4) is 0 Å². The molecular formula is C14H20F2N2OSi. The zero-order chi connectivity index (χ0) is 15.1. The number of nitrogens with one attached hydrogen (secondary N) is 1. The fourth-order valence-electron chi connectivity index (χ4n) is 2.12. The Hall–Kier alpha value is -1.43. The maximum atomic E-state index is 12.8. The van der Waals surface area contributed by atoms with Crippen molar-refractivity contribution >= 4 is 20.1 Å². The average molecular weight is 298 g/mol. The summed E-state index contributed by atoms with van der Waals surface area (Å²) in [7, 11) is -1.36. The largest absolute Gasteiger partial charge is 0.545 e. The van der Waals surface area contributed by atoms with Crippen molar-refractivity contribution in [1.29, 1.82) is 0 Å². The van der Waals surface area contributed by atoms with Crippen LogP contribution >= 0.6 is 0 Å². The molecule has 0 spiro atoms. The van der Waals surface area contributed by atoms with E-state index in [-0.39, 0.29) is 11.2 Å². The van der Waals surface area contributed by atoms with Crippen molar-refractivity contribution in [2.24, 2.45) is 0 Å². The summed E-state index contributed by atoms with van der Waals surface area (Å²) in [6, 6.07) is 3.69. The van der Waals surface area contributed by atoms with Crippen molar-refractivity contribution in [2.45, 2.75) is 45.7 Å². The van der Waals surface area contributed by atoms with Crippen molar-refractivity contribution < 1.29 is 13.2 Å². The van der Waals surface area contributed by atoms with Gasteiger partial charge in [0.05, 0.1) is 5.52 Å². The van der Waals surface area contributed by atoms with E-state index < -0.39 is 15.5 Å². The molecule has 0 radical (unpaired) electrons. The molecule has 1 aromatic heterocycles. The highest BCUT2D eigenvalue weighted by molar-refractivity contribution is 6.49. The lowest BCUT2D eigenvalue weighted by Crippen LogP contribution is -2.18. The Kier molecular flexibility index (Phi) is 3.86. The van der Waals surface area contributed by atoms with Crippen LogP contribution in [0, 0.1) is 0 Å². The molecule has 2 rings (SSSR count). The molecule has 0 bridgehead atoms. The minimum absolute atomic E-state index is 0.122. The minimum Gasteiger partial charge on any atom is -0.545 e. The number of hydrogen-bond acceptors (Lipinski definition) is 2. The van der Waals surface area contributed by atoms with Gasteiger partial charge in [-0.15, -0.1) is 0 Å². The third-order valence-electron chi connectivity index (χ3n) is 3.00. The monoisotopic (exact) mass is 298 g/mol. The second kappa shape index (κ2) is 5.16. The van der Waals surface area contributed by atoms with E-state index in [9.17, 15) is 8.78 Å². The molecule has 0 fully saturated rings. The number of imidazole rings is 1. The van der Waals surface area contributed by atoms with Gasteiger partial charge in [-0.1, -0.05) is 26.8 Å². The van der Waals surface area contributed by atoms with Gasteiger partial charge in [0.25, 0.3) is 6.43 Å². The zero-order valence-electron chi connectivity index (χ0n) is 12.4. The van der Waals surface area contributed by atoms with Crippen molar-refractivity contribution in [3.8, 4) is 5.75 Å². The minimum atomic E-state index is -2.61. The van der Waals surface area contributed by atoms with Crippen LogP contribution in [-0.4, -0.2) is 19.0 Å². The van der Waals surface area contributed by atoms with Gasteiger partial charge in [0.1, 0.15) is 11.3 Å². The first-order valence-electron chi connectivity index (χ1n) is 6.68. The van der Waals surface area contributed by atoms with E-state index >= 15 is 0 Å². The summed E-state index contributed by atoms with van der Waals surface area (Å²) in [6.07, 6.45) is -2.61.